The summed E-state index contributed by atoms with van der Waals surface area (Å²) in [6.07, 6.45) is 3.33. The summed E-state index contributed by atoms with van der Waals surface area (Å²) in [5.41, 5.74) is 4.73. The molecule has 0 saturated carbocycles. The van der Waals surface area contributed by atoms with Crippen molar-refractivity contribution in [1.29, 1.82) is 0 Å². The predicted octanol–water partition coefficient (Wildman–Crippen LogP) is 5.22. The quantitative estimate of drug-likeness (QED) is 0.656. The van der Waals surface area contributed by atoms with Crippen LogP contribution in [0.3, 0.4) is 0 Å². The third kappa shape index (κ3) is 4.94. The van der Waals surface area contributed by atoms with E-state index in [2.05, 4.69) is 36.3 Å². The lowest BCUT2D eigenvalue weighted by Crippen LogP contribution is -2.26. The number of nitrogens with zero attached hydrogens (tertiary/aromatic N) is 2. The van der Waals surface area contributed by atoms with E-state index in [0.717, 1.165) is 16.9 Å². The predicted molar refractivity (Wildman–Crippen MR) is 110 cm³/mol. The number of aromatic nitrogens is 1. The molecule has 0 fully saturated rings. The molecule has 0 unspecified atom stereocenters. The van der Waals surface area contributed by atoms with Crippen LogP contribution in [-0.2, 0) is 6.54 Å². The van der Waals surface area contributed by atoms with E-state index in [0.29, 0.717) is 18.0 Å². The monoisotopic (exact) mass is 359 g/mol. The van der Waals surface area contributed by atoms with Gasteiger partial charge in [-0.2, -0.15) is 0 Å². The van der Waals surface area contributed by atoms with Crippen LogP contribution in [0.2, 0.25) is 0 Å². The maximum Gasteiger partial charge on any atom is 0.255 e. The fourth-order valence-corrected chi connectivity index (χ4v) is 2.89. The molecule has 0 spiro atoms. The number of rotatable bonds is 6. The van der Waals surface area contributed by atoms with Gasteiger partial charge in [-0.25, -0.2) is 0 Å². The van der Waals surface area contributed by atoms with E-state index < -0.39 is 0 Å². The van der Waals surface area contributed by atoms with Gasteiger partial charge in [-0.15, -0.1) is 0 Å². The molecule has 4 heteroatoms. The number of nitrogens with one attached hydrogen (secondary N) is 1. The number of carbonyl (C=O) groups is 1. The highest BCUT2D eigenvalue weighted by atomic mass is 16.2. The minimum Gasteiger partial charge on any atom is -0.354 e. The number of pyridine rings is 1. The molecular formula is C23H25N3O. The molecule has 3 rings (SSSR count). The van der Waals surface area contributed by atoms with E-state index in [9.17, 15) is 4.79 Å². The van der Waals surface area contributed by atoms with Crippen LogP contribution >= 0.6 is 0 Å². The third-order valence-corrected chi connectivity index (χ3v) is 4.46. The summed E-state index contributed by atoms with van der Waals surface area (Å²) in [5.74, 6) is 0.451. The van der Waals surface area contributed by atoms with Crippen molar-refractivity contribution in [3.63, 3.8) is 0 Å². The first kappa shape index (κ1) is 18.6. The molecule has 27 heavy (non-hydrogen) atoms. The van der Waals surface area contributed by atoms with Gasteiger partial charge in [0.05, 0.1) is 17.4 Å². The number of benzene rings is 2. The SMILES string of the molecule is CC(C)c1ccc(Nc2cncc(C(=O)N(C)Cc3ccccc3)c2)cc1. The average molecular weight is 359 g/mol. The Morgan fingerprint density at radius 2 is 1.70 bits per heavy atom. The summed E-state index contributed by atoms with van der Waals surface area (Å²) >= 11 is 0. The first-order valence-electron chi connectivity index (χ1n) is 9.14. The van der Waals surface area contributed by atoms with Crippen LogP contribution in [0, 0.1) is 0 Å². The normalized spacial score (nSPS) is 10.7. The van der Waals surface area contributed by atoms with E-state index in [1.165, 1.54) is 5.56 Å². The zero-order chi connectivity index (χ0) is 19.2. The van der Waals surface area contributed by atoms with Gasteiger partial charge in [-0.3, -0.25) is 9.78 Å². The summed E-state index contributed by atoms with van der Waals surface area (Å²) in [6.45, 7) is 4.91. The molecule has 0 aliphatic rings. The fourth-order valence-electron chi connectivity index (χ4n) is 2.89. The van der Waals surface area contributed by atoms with E-state index in [-0.39, 0.29) is 5.91 Å². The topological polar surface area (TPSA) is 45.2 Å². The molecule has 0 atom stereocenters. The Hall–Kier alpha value is -3.14. The van der Waals surface area contributed by atoms with Crippen molar-refractivity contribution in [3.05, 3.63) is 89.7 Å². The smallest absolute Gasteiger partial charge is 0.255 e. The molecule has 138 valence electrons. The zero-order valence-corrected chi connectivity index (χ0v) is 16.0. The standard InChI is InChI=1S/C23H25N3O/c1-17(2)19-9-11-21(12-10-19)25-22-13-20(14-24-15-22)23(27)26(3)16-18-7-5-4-6-8-18/h4-15,17,25H,16H2,1-3H3. The second-order valence-electron chi connectivity index (χ2n) is 7.01. The Morgan fingerprint density at radius 1 is 1.00 bits per heavy atom. The van der Waals surface area contributed by atoms with Crippen molar-refractivity contribution in [2.75, 3.05) is 12.4 Å². The van der Waals surface area contributed by atoms with Gasteiger partial charge < -0.3 is 10.2 Å². The lowest BCUT2D eigenvalue weighted by atomic mass is 10.0. The first-order valence-corrected chi connectivity index (χ1v) is 9.14. The van der Waals surface area contributed by atoms with Gasteiger partial charge in [-0.1, -0.05) is 56.3 Å². The molecule has 0 saturated heterocycles. The zero-order valence-electron chi connectivity index (χ0n) is 16.0. The summed E-state index contributed by atoms with van der Waals surface area (Å²) in [4.78, 5) is 18.7. The van der Waals surface area contributed by atoms with Gasteiger partial charge in [0.1, 0.15) is 0 Å². The Bertz CT molecular complexity index is 889. The fraction of sp³-hybridized carbons (Fsp3) is 0.217. The molecule has 4 nitrogen and oxygen atoms in total. The van der Waals surface area contributed by atoms with E-state index >= 15 is 0 Å². The third-order valence-electron chi connectivity index (χ3n) is 4.46. The highest BCUT2D eigenvalue weighted by Crippen LogP contribution is 2.21. The molecule has 1 heterocycles. The highest BCUT2D eigenvalue weighted by molar-refractivity contribution is 5.94. The lowest BCUT2D eigenvalue weighted by molar-refractivity contribution is 0.0784. The summed E-state index contributed by atoms with van der Waals surface area (Å²) < 4.78 is 0. The number of carbonyl (C=O) groups excluding carboxylic acids is 1. The van der Waals surface area contributed by atoms with Crippen molar-refractivity contribution in [2.24, 2.45) is 0 Å². The van der Waals surface area contributed by atoms with Crippen molar-refractivity contribution in [1.82, 2.24) is 9.88 Å². The van der Waals surface area contributed by atoms with Crippen LogP contribution in [0.25, 0.3) is 0 Å². The average Bonchev–Trinajstić information content (AvgIpc) is 2.69. The molecule has 0 aliphatic heterocycles. The number of amides is 1. The van der Waals surface area contributed by atoms with Crippen molar-refractivity contribution in [2.45, 2.75) is 26.3 Å². The van der Waals surface area contributed by atoms with Gasteiger partial charge in [0.25, 0.3) is 5.91 Å². The number of hydrogen-bond donors (Lipinski definition) is 1. The van der Waals surface area contributed by atoms with Crippen LogP contribution in [0.1, 0.15) is 41.3 Å². The molecule has 0 radical (unpaired) electrons. The van der Waals surface area contributed by atoms with Gasteiger partial charge in [0.2, 0.25) is 0 Å². The summed E-state index contributed by atoms with van der Waals surface area (Å²) in [6, 6.07) is 20.1. The van der Waals surface area contributed by atoms with Crippen LogP contribution in [0.4, 0.5) is 11.4 Å². The summed E-state index contributed by atoms with van der Waals surface area (Å²) in [5, 5.41) is 3.32. The van der Waals surface area contributed by atoms with Gasteiger partial charge in [0, 0.05) is 25.5 Å². The first-order chi connectivity index (χ1) is 13.0. The van der Waals surface area contributed by atoms with Crippen molar-refractivity contribution >= 4 is 17.3 Å². The van der Waals surface area contributed by atoms with Gasteiger partial charge >= 0.3 is 0 Å². The largest absolute Gasteiger partial charge is 0.354 e. The van der Waals surface area contributed by atoms with Crippen LogP contribution in [-0.4, -0.2) is 22.8 Å². The van der Waals surface area contributed by atoms with Crippen molar-refractivity contribution < 1.29 is 4.79 Å². The Morgan fingerprint density at radius 3 is 2.37 bits per heavy atom. The van der Waals surface area contributed by atoms with Crippen LogP contribution in [0.5, 0.6) is 0 Å². The van der Waals surface area contributed by atoms with Crippen LogP contribution < -0.4 is 5.32 Å². The molecule has 0 aliphatic carbocycles. The second-order valence-corrected chi connectivity index (χ2v) is 7.01. The molecule has 1 amide bonds. The minimum atomic E-state index is -0.0508. The highest BCUT2D eigenvalue weighted by Gasteiger charge is 2.13. The Kier molecular flexibility index (Phi) is 5.87. The molecule has 1 aromatic heterocycles. The lowest BCUT2D eigenvalue weighted by Gasteiger charge is -2.17. The van der Waals surface area contributed by atoms with Crippen molar-refractivity contribution in [3.8, 4) is 0 Å². The molecule has 2 aromatic carbocycles. The molecule has 0 bridgehead atoms. The van der Waals surface area contributed by atoms with Gasteiger partial charge in [-0.05, 0) is 35.2 Å². The maximum atomic E-state index is 12.7. The van der Waals surface area contributed by atoms with E-state index in [4.69, 9.17) is 0 Å². The number of hydrogen-bond acceptors (Lipinski definition) is 3. The number of anilines is 2. The molecule has 3 aromatic rings. The Labute approximate surface area is 160 Å². The minimum absolute atomic E-state index is 0.0508. The molecular weight excluding hydrogens is 334 g/mol. The van der Waals surface area contributed by atoms with Crippen LogP contribution in [0.15, 0.2) is 73.1 Å². The maximum absolute atomic E-state index is 12.7. The van der Waals surface area contributed by atoms with E-state index in [1.54, 1.807) is 24.3 Å². The Balaban J connectivity index is 1.70. The summed E-state index contributed by atoms with van der Waals surface area (Å²) in [7, 11) is 1.81. The van der Waals surface area contributed by atoms with Gasteiger partial charge in [0.15, 0.2) is 0 Å². The molecule has 1 N–H and O–H groups in total. The van der Waals surface area contributed by atoms with E-state index in [1.807, 2.05) is 48.5 Å². The second kappa shape index (κ2) is 8.49.